The Hall–Kier alpha value is -0.550. The Kier molecular flexibility index (Phi) is 4.16. The second-order valence-corrected chi connectivity index (χ2v) is 6.88. The molecular weight excluding hydrogens is 276 g/mol. The predicted molar refractivity (Wildman–Crippen MR) is 67.4 cm³/mol. The molecule has 3 nitrogen and oxygen atoms in total. The Balaban J connectivity index is 2.79. The van der Waals surface area contributed by atoms with Crippen molar-refractivity contribution in [3.8, 4) is 0 Å². The molecule has 0 bridgehead atoms. The Labute approximate surface area is 101 Å². The molecule has 0 aromatic carbocycles. The highest BCUT2D eigenvalue weighted by atomic mass is 79.9. The van der Waals surface area contributed by atoms with E-state index in [1.807, 2.05) is 26.8 Å². The highest BCUT2D eigenvalue weighted by Gasteiger charge is 2.17. The quantitative estimate of drug-likeness (QED) is 0.786. The first-order chi connectivity index (χ1) is 6.89. The van der Waals surface area contributed by atoms with Gasteiger partial charge in [-0.25, -0.2) is 4.21 Å². The van der Waals surface area contributed by atoms with Gasteiger partial charge < -0.3 is 0 Å². The van der Waals surface area contributed by atoms with Crippen LogP contribution in [-0.4, -0.2) is 20.2 Å². The smallest absolute Gasteiger partial charge is 0.144 e. The van der Waals surface area contributed by atoms with Gasteiger partial charge in [0, 0.05) is 28.6 Å². The molecule has 5 heteroatoms. The molecule has 0 N–H and O–H groups in total. The Bertz CT molecular complexity index is 399. The molecule has 1 aromatic rings. The first-order valence-corrected chi connectivity index (χ1v) is 6.36. The number of halogens is 1. The number of rotatable bonds is 2. The van der Waals surface area contributed by atoms with Crippen molar-refractivity contribution in [1.82, 2.24) is 4.98 Å². The lowest BCUT2D eigenvalue weighted by atomic mass is 10.3. The van der Waals surface area contributed by atoms with Gasteiger partial charge in [-0.05, 0) is 42.8 Å². The van der Waals surface area contributed by atoms with Gasteiger partial charge in [-0.3, -0.25) is 4.98 Å². The van der Waals surface area contributed by atoms with E-state index in [9.17, 15) is 4.21 Å². The maximum Gasteiger partial charge on any atom is 0.144 e. The van der Waals surface area contributed by atoms with Crippen LogP contribution in [0.4, 0.5) is 0 Å². The zero-order chi connectivity index (χ0) is 11.5. The van der Waals surface area contributed by atoms with Crippen LogP contribution in [0.1, 0.15) is 26.3 Å². The summed E-state index contributed by atoms with van der Waals surface area (Å²) in [7, 11) is -1.22. The summed E-state index contributed by atoms with van der Waals surface area (Å²) in [5, 5.41) is 0. The largest absolute Gasteiger partial charge is 0.263 e. The van der Waals surface area contributed by atoms with Crippen LogP contribution in [-0.2, 0) is 11.0 Å². The van der Waals surface area contributed by atoms with Crippen LogP contribution < -0.4 is 0 Å². The van der Waals surface area contributed by atoms with Crippen LogP contribution in [0.3, 0.4) is 0 Å². The molecule has 0 spiro atoms. The van der Waals surface area contributed by atoms with E-state index in [1.165, 1.54) is 0 Å². The van der Waals surface area contributed by atoms with Crippen LogP contribution in [0.2, 0.25) is 0 Å². The van der Waals surface area contributed by atoms with E-state index in [0.717, 1.165) is 10.0 Å². The third-order valence-corrected chi connectivity index (χ3v) is 3.33. The first kappa shape index (κ1) is 12.5. The highest BCUT2D eigenvalue weighted by Crippen LogP contribution is 2.13. The predicted octanol–water partition coefficient (Wildman–Crippen LogP) is 2.73. The van der Waals surface area contributed by atoms with E-state index in [-0.39, 0.29) is 4.75 Å². The van der Waals surface area contributed by atoms with Crippen molar-refractivity contribution in [3.05, 3.63) is 28.5 Å². The Morgan fingerprint density at radius 2 is 2.13 bits per heavy atom. The van der Waals surface area contributed by atoms with Crippen LogP contribution in [0.5, 0.6) is 0 Å². The number of pyridine rings is 1. The topological polar surface area (TPSA) is 42.3 Å². The van der Waals surface area contributed by atoms with Crippen LogP contribution in [0.15, 0.2) is 27.3 Å². The summed E-state index contributed by atoms with van der Waals surface area (Å²) in [6.45, 7) is 5.67. The van der Waals surface area contributed by atoms with E-state index >= 15 is 0 Å². The second kappa shape index (κ2) is 4.99. The molecule has 1 atom stereocenters. The number of hydrogen-bond acceptors (Lipinski definition) is 2. The number of aromatic nitrogens is 1. The normalized spacial score (nSPS) is 14.4. The summed E-state index contributed by atoms with van der Waals surface area (Å²) in [6.07, 6.45) is 4.95. The van der Waals surface area contributed by atoms with Crippen molar-refractivity contribution in [1.29, 1.82) is 0 Å². The number of hydrogen-bond donors (Lipinski definition) is 0. The summed E-state index contributed by atoms with van der Waals surface area (Å²) in [4.78, 5) is 3.99. The van der Waals surface area contributed by atoms with E-state index in [0.29, 0.717) is 0 Å². The van der Waals surface area contributed by atoms with Crippen molar-refractivity contribution >= 4 is 33.1 Å². The fourth-order valence-corrected chi connectivity index (χ4v) is 1.68. The number of nitrogens with zero attached hydrogens (tertiary/aromatic N) is 2. The maximum absolute atomic E-state index is 11.6. The maximum atomic E-state index is 11.6. The molecule has 0 radical (unpaired) electrons. The molecule has 15 heavy (non-hydrogen) atoms. The van der Waals surface area contributed by atoms with Gasteiger partial charge in [0.15, 0.2) is 0 Å². The van der Waals surface area contributed by atoms with Gasteiger partial charge in [0.2, 0.25) is 0 Å². The second-order valence-electron chi connectivity index (χ2n) is 4.03. The fraction of sp³-hybridized carbons (Fsp3) is 0.400. The Morgan fingerprint density at radius 1 is 1.47 bits per heavy atom. The van der Waals surface area contributed by atoms with Gasteiger partial charge in [-0.1, -0.05) is 0 Å². The molecular formula is C10H13BrN2OS. The van der Waals surface area contributed by atoms with E-state index in [2.05, 4.69) is 25.3 Å². The zero-order valence-electron chi connectivity index (χ0n) is 8.90. The van der Waals surface area contributed by atoms with E-state index < -0.39 is 11.0 Å². The molecule has 0 fully saturated rings. The van der Waals surface area contributed by atoms with Crippen molar-refractivity contribution in [3.63, 3.8) is 0 Å². The average Bonchev–Trinajstić information content (AvgIpc) is 2.12. The summed E-state index contributed by atoms with van der Waals surface area (Å²) in [5.74, 6) is 0. The molecule has 0 amide bonds. The zero-order valence-corrected chi connectivity index (χ0v) is 11.3. The van der Waals surface area contributed by atoms with E-state index in [1.54, 1.807) is 18.6 Å². The van der Waals surface area contributed by atoms with Crippen LogP contribution in [0, 0.1) is 0 Å². The monoisotopic (exact) mass is 288 g/mol. The summed E-state index contributed by atoms with van der Waals surface area (Å²) in [6, 6.07) is 1.87. The molecule has 0 unspecified atom stereocenters. The molecule has 1 rings (SSSR count). The van der Waals surface area contributed by atoms with Gasteiger partial charge >= 0.3 is 0 Å². The van der Waals surface area contributed by atoms with Gasteiger partial charge in [-0.15, -0.1) is 0 Å². The molecule has 0 aliphatic carbocycles. The molecule has 82 valence electrons. The van der Waals surface area contributed by atoms with Crippen LogP contribution in [0.25, 0.3) is 0 Å². The standard InChI is InChI=1S/C10H13BrN2OS/c1-10(2,3)15(14)13-6-8-4-9(11)7-12-5-8/h4-7H,1-3H3/b13-6+/t15-/m1/s1. The lowest BCUT2D eigenvalue weighted by Crippen LogP contribution is -2.19. The molecule has 0 aliphatic rings. The molecule has 1 aromatic heterocycles. The Morgan fingerprint density at radius 3 is 2.67 bits per heavy atom. The van der Waals surface area contributed by atoms with Gasteiger partial charge in [0.05, 0.1) is 4.75 Å². The van der Waals surface area contributed by atoms with Crippen LogP contribution >= 0.6 is 15.9 Å². The van der Waals surface area contributed by atoms with E-state index in [4.69, 9.17) is 0 Å². The molecule has 1 heterocycles. The average molecular weight is 289 g/mol. The third kappa shape index (κ3) is 4.22. The molecule has 0 aliphatic heterocycles. The van der Waals surface area contributed by atoms with Crippen molar-refractivity contribution < 1.29 is 4.21 Å². The lowest BCUT2D eigenvalue weighted by molar-refractivity contribution is 0.651. The first-order valence-electron chi connectivity index (χ1n) is 4.46. The fourth-order valence-electron chi connectivity index (χ4n) is 0.766. The molecule has 0 saturated heterocycles. The summed E-state index contributed by atoms with van der Waals surface area (Å²) >= 11 is 3.31. The SMILES string of the molecule is CC(C)(C)[S@@](=O)/N=C/c1cncc(Br)c1. The molecule has 0 saturated carbocycles. The minimum Gasteiger partial charge on any atom is -0.263 e. The summed E-state index contributed by atoms with van der Waals surface area (Å²) in [5.41, 5.74) is 0.835. The van der Waals surface area contributed by atoms with Gasteiger partial charge in [-0.2, -0.15) is 4.40 Å². The van der Waals surface area contributed by atoms with Gasteiger partial charge in [0.25, 0.3) is 0 Å². The van der Waals surface area contributed by atoms with Gasteiger partial charge in [0.1, 0.15) is 11.0 Å². The van der Waals surface area contributed by atoms with Crippen molar-refractivity contribution in [2.24, 2.45) is 4.40 Å². The summed E-state index contributed by atoms with van der Waals surface area (Å²) < 4.78 is 16.2. The lowest BCUT2D eigenvalue weighted by Gasteiger charge is -2.12. The highest BCUT2D eigenvalue weighted by molar-refractivity contribution is 9.10. The third-order valence-electron chi connectivity index (χ3n) is 1.55. The minimum atomic E-state index is -1.22. The minimum absolute atomic E-state index is 0.323. The van der Waals surface area contributed by atoms with Crippen molar-refractivity contribution in [2.75, 3.05) is 0 Å². The van der Waals surface area contributed by atoms with Crippen molar-refractivity contribution in [2.45, 2.75) is 25.5 Å².